The lowest BCUT2D eigenvalue weighted by Crippen LogP contribution is -2.44. The van der Waals surface area contributed by atoms with Crippen molar-refractivity contribution in [3.05, 3.63) is 66.2 Å². The Kier molecular flexibility index (Phi) is 6.62. The van der Waals surface area contributed by atoms with Gasteiger partial charge in [0.05, 0.1) is 5.69 Å². The van der Waals surface area contributed by atoms with Crippen molar-refractivity contribution in [2.45, 2.75) is 44.3 Å². The molecule has 2 aromatic rings. The van der Waals surface area contributed by atoms with Crippen molar-refractivity contribution in [2.24, 2.45) is 0 Å². The van der Waals surface area contributed by atoms with E-state index in [4.69, 9.17) is 0 Å². The van der Waals surface area contributed by atoms with E-state index in [1.165, 1.54) is 5.56 Å². The fraction of sp³-hybridized carbons (Fsp3) is 0.375. The molecule has 2 fully saturated rings. The largest absolute Gasteiger partial charge is 0.353 e. The second-order valence-electron chi connectivity index (χ2n) is 8.15. The summed E-state index contributed by atoms with van der Waals surface area (Å²) in [6, 6.07) is 18.3. The number of carbonyl (C=O) groups is 3. The number of likely N-dealkylation sites (tertiary alicyclic amines) is 1. The van der Waals surface area contributed by atoms with Crippen LogP contribution in [0.25, 0.3) is 0 Å². The Labute approximate surface area is 182 Å². The zero-order chi connectivity index (χ0) is 21.6. The highest BCUT2D eigenvalue weighted by atomic mass is 16.2. The van der Waals surface area contributed by atoms with E-state index in [1.807, 2.05) is 12.1 Å². The second-order valence-corrected chi connectivity index (χ2v) is 8.15. The average molecular weight is 421 g/mol. The number of rotatable bonds is 7. The maximum absolute atomic E-state index is 12.6. The Morgan fingerprint density at radius 3 is 2.29 bits per heavy atom. The normalized spacial score (nSPS) is 20.0. The minimum absolute atomic E-state index is 0.0679. The van der Waals surface area contributed by atoms with E-state index in [9.17, 15) is 14.4 Å². The molecule has 0 saturated carbocycles. The zero-order valence-corrected chi connectivity index (χ0v) is 17.5. The Bertz CT molecular complexity index is 911. The highest BCUT2D eigenvalue weighted by molar-refractivity contribution is 6.21. The van der Waals surface area contributed by atoms with Gasteiger partial charge in [-0.25, -0.2) is 9.69 Å². The van der Waals surface area contributed by atoms with Crippen molar-refractivity contribution >= 4 is 23.5 Å². The van der Waals surface area contributed by atoms with Gasteiger partial charge in [0, 0.05) is 32.1 Å². The summed E-state index contributed by atoms with van der Waals surface area (Å²) in [5, 5.41) is 5.78. The molecule has 2 N–H and O–H groups in total. The van der Waals surface area contributed by atoms with E-state index in [1.54, 1.807) is 24.3 Å². The third-order valence-electron chi connectivity index (χ3n) is 5.90. The van der Waals surface area contributed by atoms with Gasteiger partial charge in [-0.2, -0.15) is 0 Å². The topological polar surface area (TPSA) is 81.8 Å². The monoisotopic (exact) mass is 420 g/mol. The first-order valence-electron chi connectivity index (χ1n) is 10.9. The molecule has 0 bridgehead atoms. The quantitative estimate of drug-likeness (QED) is 0.675. The van der Waals surface area contributed by atoms with Crippen molar-refractivity contribution in [3.63, 3.8) is 0 Å². The van der Waals surface area contributed by atoms with E-state index in [0.29, 0.717) is 12.1 Å². The molecule has 1 unspecified atom stereocenters. The summed E-state index contributed by atoms with van der Waals surface area (Å²) in [5.41, 5.74) is 1.84. The average Bonchev–Trinajstić information content (AvgIpc) is 3.08. The fourth-order valence-electron chi connectivity index (χ4n) is 4.20. The van der Waals surface area contributed by atoms with Crippen LogP contribution in [0.3, 0.4) is 0 Å². The molecule has 31 heavy (non-hydrogen) atoms. The number of imide groups is 1. The molecule has 7 heteroatoms. The fourth-order valence-corrected chi connectivity index (χ4v) is 4.20. The molecule has 7 nitrogen and oxygen atoms in total. The van der Waals surface area contributed by atoms with Gasteiger partial charge >= 0.3 is 6.03 Å². The van der Waals surface area contributed by atoms with E-state index in [2.05, 4.69) is 39.8 Å². The summed E-state index contributed by atoms with van der Waals surface area (Å²) in [6.07, 6.45) is 2.34. The summed E-state index contributed by atoms with van der Waals surface area (Å²) >= 11 is 0. The number of hydrogen-bond acceptors (Lipinski definition) is 4. The van der Waals surface area contributed by atoms with E-state index >= 15 is 0 Å². The molecule has 2 saturated heterocycles. The van der Waals surface area contributed by atoms with Crippen LogP contribution >= 0.6 is 0 Å². The summed E-state index contributed by atoms with van der Waals surface area (Å²) < 4.78 is 0. The van der Waals surface area contributed by atoms with Crippen molar-refractivity contribution in [3.8, 4) is 0 Å². The molecule has 162 valence electrons. The van der Waals surface area contributed by atoms with E-state index in [-0.39, 0.29) is 24.3 Å². The minimum atomic E-state index is -0.661. The van der Waals surface area contributed by atoms with Crippen LogP contribution in [0.15, 0.2) is 60.7 Å². The van der Waals surface area contributed by atoms with Gasteiger partial charge in [0.15, 0.2) is 0 Å². The van der Waals surface area contributed by atoms with E-state index < -0.39 is 12.1 Å². The van der Waals surface area contributed by atoms with Gasteiger partial charge in [-0.1, -0.05) is 48.5 Å². The molecule has 4 rings (SSSR count). The van der Waals surface area contributed by atoms with Gasteiger partial charge in [-0.05, 0) is 37.0 Å². The third-order valence-corrected chi connectivity index (χ3v) is 5.90. The Morgan fingerprint density at radius 1 is 0.968 bits per heavy atom. The summed E-state index contributed by atoms with van der Waals surface area (Å²) in [6.45, 7) is 2.83. The van der Waals surface area contributed by atoms with Crippen LogP contribution in [0.2, 0.25) is 0 Å². The second kappa shape index (κ2) is 9.75. The molecular formula is C24H28N4O3. The molecule has 2 aliphatic heterocycles. The Morgan fingerprint density at radius 2 is 1.61 bits per heavy atom. The van der Waals surface area contributed by atoms with Crippen molar-refractivity contribution in [2.75, 3.05) is 18.0 Å². The predicted molar refractivity (Wildman–Crippen MR) is 118 cm³/mol. The molecule has 2 aliphatic rings. The summed E-state index contributed by atoms with van der Waals surface area (Å²) in [4.78, 5) is 40.8. The number of amides is 4. The van der Waals surface area contributed by atoms with E-state index in [0.717, 1.165) is 37.4 Å². The van der Waals surface area contributed by atoms with Gasteiger partial charge in [-0.15, -0.1) is 0 Å². The number of carbonyl (C=O) groups excluding carboxylic acids is 3. The minimum Gasteiger partial charge on any atom is -0.353 e. The van der Waals surface area contributed by atoms with Gasteiger partial charge in [0.2, 0.25) is 5.91 Å². The highest BCUT2D eigenvalue weighted by Gasteiger charge is 2.38. The number of piperidine rings is 1. The van der Waals surface area contributed by atoms with Crippen LogP contribution in [-0.4, -0.2) is 47.9 Å². The summed E-state index contributed by atoms with van der Waals surface area (Å²) in [5.74, 6) is -0.375. The number of nitrogens with one attached hydrogen (secondary N) is 2. The maximum atomic E-state index is 12.6. The van der Waals surface area contributed by atoms with Crippen LogP contribution in [-0.2, 0) is 16.1 Å². The van der Waals surface area contributed by atoms with Crippen LogP contribution in [0.1, 0.15) is 31.2 Å². The van der Waals surface area contributed by atoms with Gasteiger partial charge in [0.1, 0.15) is 6.04 Å². The smallest absolute Gasteiger partial charge is 0.329 e. The van der Waals surface area contributed by atoms with Crippen LogP contribution < -0.4 is 15.5 Å². The van der Waals surface area contributed by atoms with Crippen molar-refractivity contribution in [1.29, 1.82) is 0 Å². The molecule has 0 aliphatic carbocycles. The number of benzene rings is 2. The highest BCUT2D eigenvalue weighted by Crippen LogP contribution is 2.21. The first-order chi connectivity index (χ1) is 15.1. The third kappa shape index (κ3) is 5.30. The maximum Gasteiger partial charge on any atom is 0.329 e. The number of urea groups is 1. The van der Waals surface area contributed by atoms with Crippen LogP contribution in [0, 0.1) is 0 Å². The van der Waals surface area contributed by atoms with Crippen LogP contribution in [0.4, 0.5) is 10.5 Å². The van der Waals surface area contributed by atoms with Gasteiger partial charge in [0.25, 0.3) is 5.91 Å². The predicted octanol–water partition coefficient (Wildman–Crippen LogP) is 2.67. The molecule has 1 atom stereocenters. The Balaban J connectivity index is 1.20. The Hall–Kier alpha value is -3.19. The number of anilines is 1. The molecule has 2 heterocycles. The van der Waals surface area contributed by atoms with Crippen LogP contribution in [0.5, 0.6) is 0 Å². The number of nitrogens with zero attached hydrogens (tertiary/aromatic N) is 2. The molecule has 4 amide bonds. The molecular weight excluding hydrogens is 392 g/mol. The van der Waals surface area contributed by atoms with Crippen molar-refractivity contribution < 1.29 is 14.4 Å². The lowest BCUT2D eigenvalue weighted by atomic mass is 10.0. The number of hydrogen-bond donors (Lipinski definition) is 2. The van der Waals surface area contributed by atoms with Gasteiger partial charge in [-0.3, -0.25) is 14.5 Å². The first kappa shape index (κ1) is 21.1. The SMILES string of the molecule is O=C(CCC1NC(=O)N(c2ccccc2)C1=O)NC1CCN(Cc2ccccc2)CC1. The van der Waals surface area contributed by atoms with Crippen molar-refractivity contribution in [1.82, 2.24) is 15.5 Å². The lowest BCUT2D eigenvalue weighted by Gasteiger charge is -2.32. The van der Waals surface area contributed by atoms with Gasteiger partial charge < -0.3 is 10.6 Å². The molecule has 0 radical (unpaired) electrons. The molecule has 0 aromatic heterocycles. The standard InChI is InChI=1S/C24H28N4O3/c29-22(25-19-13-15-27(16-14-19)17-18-7-3-1-4-8-18)12-11-21-23(30)28(24(31)26-21)20-9-5-2-6-10-20/h1-10,19,21H,11-17H2,(H,25,29)(H,26,31). The number of para-hydroxylation sites is 1. The first-order valence-corrected chi connectivity index (χ1v) is 10.9. The summed E-state index contributed by atoms with van der Waals surface area (Å²) in [7, 11) is 0. The lowest BCUT2D eigenvalue weighted by molar-refractivity contribution is -0.122. The molecule has 2 aromatic carbocycles. The zero-order valence-electron chi connectivity index (χ0n) is 17.5. The molecule has 0 spiro atoms.